The molecule has 0 atom stereocenters. The molecule has 0 bridgehead atoms. The lowest BCUT2D eigenvalue weighted by atomic mass is 9.85. The number of aliphatic hydroxyl groups is 1. The topological polar surface area (TPSA) is 47.9 Å². The number of ether oxygens (including phenoxy) is 3. The highest BCUT2D eigenvalue weighted by Crippen LogP contribution is 2.26. The molecule has 0 saturated heterocycles. The van der Waals surface area contributed by atoms with Crippen LogP contribution in [-0.2, 0) is 14.2 Å². The Hall–Kier alpha value is -0.940. The zero-order valence-electron chi connectivity index (χ0n) is 12.4. The Morgan fingerprint density at radius 1 is 0.800 bits per heavy atom. The molecule has 0 unspecified atom stereocenters. The van der Waals surface area contributed by atoms with Crippen LogP contribution in [-0.4, -0.2) is 51.4 Å². The second-order valence-electron chi connectivity index (χ2n) is 4.74. The van der Waals surface area contributed by atoms with Crippen molar-refractivity contribution in [3.63, 3.8) is 0 Å². The summed E-state index contributed by atoms with van der Waals surface area (Å²) in [6.07, 6.45) is 6.60. The van der Waals surface area contributed by atoms with Gasteiger partial charge < -0.3 is 19.3 Å². The molecule has 20 heavy (non-hydrogen) atoms. The molecule has 1 N–H and O–H groups in total. The van der Waals surface area contributed by atoms with E-state index in [0.717, 1.165) is 6.42 Å². The second kappa shape index (κ2) is 13.1. The van der Waals surface area contributed by atoms with Gasteiger partial charge in [0.25, 0.3) is 0 Å². The zero-order valence-corrected chi connectivity index (χ0v) is 12.4. The summed E-state index contributed by atoms with van der Waals surface area (Å²) in [5.41, 5.74) is -0.266. The van der Waals surface area contributed by atoms with Crippen molar-refractivity contribution in [2.75, 3.05) is 46.2 Å². The minimum atomic E-state index is -0.266. The maximum Gasteiger partial charge on any atom is 0.0645 e. The molecule has 0 aliphatic carbocycles. The van der Waals surface area contributed by atoms with Crippen LogP contribution in [0.3, 0.4) is 0 Å². The number of aliphatic hydroxyl groups excluding tert-OH is 1. The van der Waals surface area contributed by atoms with Gasteiger partial charge in [0.2, 0.25) is 0 Å². The van der Waals surface area contributed by atoms with E-state index in [0.29, 0.717) is 46.1 Å². The van der Waals surface area contributed by atoms with Crippen LogP contribution in [0.4, 0.5) is 0 Å². The van der Waals surface area contributed by atoms with E-state index in [1.807, 2.05) is 0 Å². The lowest BCUT2D eigenvalue weighted by Crippen LogP contribution is -2.38. The van der Waals surface area contributed by atoms with E-state index in [-0.39, 0.29) is 12.0 Å². The predicted molar refractivity (Wildman–Crippen MR) is 81.8 cm³/mol. The van der Waals surface area contributed by atoms with Crippen molar-refractivity contribution < 1.29 is 19.3 Å². The van der Waals surface area contributed by atoms with Gasteiger partial charge in [-0.05, 0) is 12.8 Å². The zero-order chi connectivity index (χ0) is 15.1. The average Bonchev–Trinajstić information content (AvgIpc) is 2.46. The first-order valence-corrected chi connectivity index (χ1v) is 6.91. The van der Waals surface area contributed by atoms with Crippen LogP contribution < -0.4 is 0 Å². The number of rotatable bonds is 15. The van der Waals surface area contributed by atoms with Gasteiger partial charge in [0.1, 0.15) is 0 Å². The predicted octanol–water partition coefficient (Wildman–Crippen LogP) is 2.35. The maximum atomic E-state index is 9.07. The van der Waals surface area contributed by atoms with Gasteiger partial charge in [-0.15, -0.1) is 19.7 Å². The van der Waals surface area contributed by atoms with Gasteiger partial charge in [-0.1, -0.05) is 18.2 Å². The molecule has 4 heteroatoms. The highest BCUT2D eigenvalue weighted by Gasteiger charge is 2.31. The summed E-state index contributed by atoms with van der Waals surface area (Å²) in [6, 6.07) is 0. The third-order valence-electron chi connectivity index (χ3n) is 2.80. The molecular weight excluding hydrogens is 256 g/mol. The molecule has 0 rings (SSSR count). The fraction of sp³-hybridized carbons (Fsp3) is 0.625. The smallest absolute Gasteiger partial charge is 0.0645 e. The quantitative estimate of drug-likeness (QED) is 0.370. The normalized spacial score (nSPS) is 11.2. The Morgan fingerprint density at radius 2 is 1.20 bits per heavy atom. The van der Waals surface area contributed by atoms with Crippen LogP contribution >= 0.6 is 0 Å². The lowest BCUT2D eigenvalue weighted by Gasteiger charge is -2.32. The largest absolute Gasteiger partial charge is 0.396 e. The van der Waals surface area contributed by atoms with Crippen molar-refractivity contribution >= 4 is 0 Å². The van der Waals surface area contributed by atoms with Gasteiger partial charge in [0.05, 0.1) is 39.6 Å². The van der Waals surface area contributed by atoms with Crippen molar-refractivity contribution in [3.8, 4) is 0 Å². The minimum absolute atomic E-state index is 0.145. The van der Waals surface area contributed by atoms with Crippen LogP contribution in [0.25, 0.3) is 0 Å². The van der Waals surface area contributed by atoms with Crippen molar-refractivity contribution in [1.29, 1.82) is 0 Å². The molecule has 0 saturated carbocycles. The van der Waals surface area contributed by atoms with Gasteiger partial charge in [-0.25, -0.2) is 0 Å². The average molecular weight is 284 g/mol. The molecule has 0 spiro atoms. The number of hydrogen-bond donors (Lipinski definition) is 1. The van der Waals surface area contributed by atoms with Crippen LogP contribution in [0.2, 0.25) is 0 Å². The van der Waals surface area contributed by atoms with Crippen LogP contribution in [0.5, 0.6) is 0 Å². The van der Waals surface area contributed by atoms with Crippen molar-refractivity contribution in [2.45, 2.75) is 12.8 Å². The van der Waals surface area contributed by atoms with Gasteiger partial charge in [-0.3, -0.25) is 0 Å². The summed E-state index contributed by atoms with van der Waals surface area (Å²) in [7, 11) is 0. The molecule has 0 radical (unpaired) electrons. The Balaban J connectivity index is 4.58. The summed E-state index contributed by atoms with van der Waals surface area (Å²) in [4.78, 5) is 0. The van der Waals surface area contributed by atoms with Crippen LogP contribution in [0.15, 0.2) is 38.0 Å². The Kier molecular flexibility index (Phi) is 12.4. The van der Waals surface area contributed by atoms with E-state index in [9.17, 15) is 0 Å². The first kappa shape index (κ1) is 19.1. The molecule has 0 amide bonds. The molecule has 0 aromatic carbocycles. The third-order valence-corrected chi connectivity index (χ3v) is 2.80. The van der Waals surface area contributed by atoms with E-state index < -0.39 is 0 Å². The Labute approximate surface area is 122 Å². The highest BCUT2D eigenvalue weighted by atomic mass is 16.5. The SMILES string of the molecule is C=CCOCC(CCCO)(COCC=C)COCC=C. The minimum Gasteiger partial charge on any atom is -0.396 e. The monoisotopic (exact) mass is 284 g/mol. The van der Waals surface area contributed by atoms with E-state index in [4.69, 9.17) is 19.3 Å². The first-order valence-electron chi connectivity index (χ1n) is 6.91. The fourth-order valence-electron chi connectivity index (χ4n) is 1.87. The molecular formula is C16H28O4. The van der Waals surface area contributed by atoms with E-state index in [1.165, 1.54) is 0 Å². The Bertz CT molecular complexity index is 227. The highest BCUT2D eigenvalue weighted by molar-refractivity contribution is 4.81. The van der Waals surface area contributed by atoms with Crippen molar-refractivity contribution in [3.05, 3.63) is 38.0 Å². The first-order chi connectivity index (χ1) is 9.74. The summed E-state index contributed by atoms with van der Waals surface area (Å²) in [6.45, 7) is 14.1. The third kappa shape index (κ3) is 9.04. The van der Waals surface area contributed by atoms with Gasteiger partial charge in [-0.2, -0.15) is 0 Å². The van der Waals surface area contributed by atoms with Crippen molar-refractivity contribution in [2.24, 2.45) is 5.41 Å². The fourth-order valence-corrected chi connectivity index (χ4v) is 1.87. The summed E-state index contributed by atoms with van der Waals surface area (Å²) >= 11 is 0. The molecule has 4 nitrogen and oxygen atoms in total. The molecule has 116 valence electrons. The van der Waals surface area contributed by atoms with Crippen molar-refractivity contribution in [1.82, 2.24) is 0 Å². The summed E-state index contributed by atoms with van der Waals surface area (Å²) in [5.74, 6) is 0. The van der Waals surface area contributed by atoms with E-state index in [1.54, 1.807) is 18.2 Å². The maximum absolute atomic E-state index is 9.07. The molecule has 0 heterocycles. The van der Waals surface area contributed by atoms with Gasteiger partial charge >= 0.3 is 0 Å². The van der Waals surface area contributed by atoms with E-state index in [2.05, 4.69) is 19.7 Å². The van der Waals surface area contributed by atoms with Crippen LogP contribution in [0, 0.1) is 5.41 Å². The van der Waals surface area contributed by atoms with Gasteiger partial charge in [0.15, 0.2) is 0 Å². The van der Waals surface area contributed by atoms with Gasteiger partial charge in [0, 0.05) is 12.0 Å². The standard InChI is InChI=1S/C16H28O4/c1-4-10-18-13-16(8-7-9-17,14-19-11-5-2)15-20-12-6-3/h4-6,17H,1-3,7-15H2. The summed E-state index contributed by atoms with van der Waals surface area (Å²) < 4.78 is 16.8. The summed E-state index contributed by atoms with van der Waals surface area (Å²) in [5, 5.41) is 9.07. The Morgan fingerprint density at radius 3 is 1.50 bits per heavy atom. The second-order valence-corrected chi connectivity index (χ2v) is 4.74. The molecule has 0 aromatic rings. The van der Waals surface area contributed by atoms with E-state index >= 15 is 0 Å². The lowest BCUT2D eigenvalue weighted by molar-refractivity contribution is -0.0634. The molecule has 0 fully saturated rings. The van der Waals surface area contributed by atoms with Crippen LogP contribution in [0.1, 0.15) is 12.8 Å². The molecule has 0 aliphatic rings. The molecule has 0 aromatic heterocycles. The number of hydrogen-bond acceptors (Lipinski definition) is 4. The molecule has 0 aliphatic heterocycles.